The monoisotopic (exact) mass is 415 g/mol. The Hall–Kier alpha value is -3.73. The lowest BCUT2D eigenvalue weighted by molar-refractivity contribution is -0.132. The number of aliphatic hydroxyl groups excluding tert-OH is 1. The summed E-state index contributed by atoms with van der Waals surface area (Å²) in [5.41, 5.74) is 3.45. The van der Waals surface area contributed by atoms with Crippen molar-refractivity contribution in [1.82, 2.24) is 0 Å². The maximum Gasteiger partial charge on any atom is 0.300 e. The van der Waals surface area contributed by atoms with Crippen LogP contribution in [0.4, 0.5) is 10.1 Å². The van der Waals surface area contributed by atoms with Gasteiger partial charge in [0.2, 0.25) is 0 Å². The molecule has 1 saturated heterocycles. The molecule has 1 N–H and O–H groups in total. The van der Waals surface area contributed by atoms with Crippen LogP contribution in [0.3, 0.4) is 0 Å². The number of benzene rings is 3. The van der Waals surface area contributed by atoms with Crippen LogP contribution in [0.1, 0.15) is 35.2 Å². The van der Waals surface area contributed by atoms with Crippen molar-refractivity contribution in [2.75, 3.05) is 4.90 Å². The summed E-state index contributed by atoms with van der Waals surface area (Å²) in [6.45, 7) is 3.87. The third-order valence-corrected chi connectivity index (χ3v) is 5.64. The maximum absolute atomic E-state index is 13.6. The third kappa shape index (κ3) is 3.63. The fourth-order valence-electron chi connectivity index (χ4n) is 3.93. The molecule has 1 atom stereocenters. The molecule has 0 bridgehead atoms. The number of para-hydroxylation sites is 1. The molecule has 1 aliphatic heterocycles. The highest BCUT2D eigenvalue weighted by Gasteiger charge is 2.47. The van der Waals surface area contributed by atoms with E-state index in [1.54, 1.807) is 24.3 Å². The van der Waals surface area contributed by atoms with Gasteiger partial charge in [0.15, 0.2) is 0 Å². The number of ketones is 1. The highest BCUT2D eigenvalue weighted by molar-refractivity contribution is 6.51. The maximum atomic E-state index is 13.6. The fraction of sp³-hybridized carbons (Fsp3) is 0.154. The van der Waals surface area contributed by atoms with E-state index in [9.17, 15) is 19.1 Å². The Morgan fingerprint density at radius 1 is 0.968 bits per heavy atom. The zero-order chi connectivity index (χ0) is 22.1. The van der Waals surface area contributed by atoms with Crippen LogP contribution in [0.15, 0.2) is 78.4 Å². The quantitative estimate of drug-likeness (QED) is 0.356. The minimum Gasteiger partial charge on any atom is -0.507 e. The van der Waals surface area contributed by atoms with Crippen molar-refractivity contribution in [3.05, 3.63) is 106 Å². The molecule has 1 heterocycles. The van der Waals surface area contributed by atoms with Gasteiger partial charge < -0.3 is 5.11 Å². The Morgan fingerprint density at radius 3 is 2.23 bits per heavy atom. The lowest BCUT2D eigenvalue weighted by Crippen LogP contribution is -2.30. The number of Topliss-reactive ketones (excluding diaryl/α,β-unsaturated/α-hetero) is 1. The number of anilines is 1. The van der Waals surface area contributed by atoms with Crippen LogP contribution in [0.25, 0.3) is 5.76 Å². The van der Waals surface area contributed by atoms with Gasteiger partial charge in [-0.1, -0.05) is 61.5 Å². The number of nitrogens with zero attached hydrogens (tertiary/aromatic N) is 1. The first kappa shape index (κ1) is 20.5. The molecule has 0 aliphatic carbocycles. The first-order valence-electron chi connectivity index (χ1n) is 10.1. The molecular weight excluding hydrogens is 393 g/mol. The Morgan fingerprint density at radius 2 is 1.61 bits per heavy atom. The summed E-state index contributed by atoms with van der Waals surface area (Å²) in [6.07, 6.45) is 0.842. The molecule has 3 aromatic carbocycles. The molecular formula is C26H22FNO3. The van der Waals surface area contributed by atoms with Crippen molar-refractivity contribution >= 4 is 23.1 Å². The highest BCUT2D eigenvalue weighted by atomic mass is 19.1. The smallest absolute Gasteiger partial charge is 0.300 e. The van der Waals surface area contributed by atoms with Crippen LogP contribution < -0.4 is 4.90 Å². The van der Waals surface area contributed by atoms with Crippen molar-refractivity contribution in [3.8, 4) is 0 Å². The van der Waals surface area contributed by atoms with Crippen molar-refractivity contribution in [1.29, 1.82) is 0 Å². The number of carbonyl (C=O) groups is 2. The summed E-state index contributed by atoms with van der Waals surface area (Å²) in [6, 6.07) is 19.2. The molecule has 1 aliphatic rings. The molecule has 1 unspecified atom stereocenters. The highest BCUT2D eigenvalue weighted by Crippen LogP contribution is 2.43. The Labute approximate surface area is 180 Å². The molecule has 0 spiro atoms. The Balaban J connectivity index is 1.94. The number of amides is 1. The van der Waals surface area contributed by atoms with Gasteiger partial charge in [0.25, 0.3) is 11.7 Å². The van der Waals surface area contributed by atoms with E-state index < -0.39 is 23.5 Å². The van der Waals surface area contributed by atoms with Gasteiger partial charge in [-0.25, -0.2) is 4.39 Å². The largest absolute Gasteiger partial charge is 0.507 e. The minimum absolute atomic E-state index is 0.0101. The minimum atomic E-state index is -0.868. The van der Waals surface area contributed by atoms with Crippen LogP contribution in [-0.4, -0.2) is 16.8 Å². The van der Waals surface area contributed by atoms with Crippen molar-refractivity contribution in [2.24, 2.45) is 0 Å². The zero-order valence-corrected chi connectivity index (χ0v) is 17.3. The van der Waals surface area contributed by atoms with E-state index in [1.165, 1.54) is 29.2 Å². The van der Waals surface area contributed by atoms with Crippen LogP contribution >= 0.6 is 0 Å². The van der Waals surface area contributed by atoms with Gasteiger partial charge in [0, 0.05) is 11.3 Å². The first-order valence-corrected chi connectivity index (χ1v) is 10.1. The number of rotatable bonds is 4. The molecule has 1 amide bonds. The standard InChI is InChI=1S/C26H22FNO3/c1-3-17-8-10-19(11-9-17)24(29)22-23(18-12-14-20(27)15-13-18)28(26(31)25(22)30)21-7-5-4-6-16(21)2/h4-15,23,29H,3H2,1-2H3/b24-22+. The summed E-state index contributed by atoms with van der Waals surface area (Å²) < 4.78 is 13.6. The van der Waals surface area contributed by atoms with E-state index in [0.717, 1.165) is 17.5 Å². The number of aliphatic hydroxyl groups is 1. The average Bonchev–Trinajstić information content (AvgIpc) is 3.05. The van der Waals surface area contributed by atoms with Gasteiger partial charge in [0.1, 0.15) is 11.6 Å². The average molecular weight is 415 g/mol. The van der Waals surface area contributed by atoms with Gasteiger partial charge in [-0.2, -0.15) is 0 Å². The molecule has 5 heteroatoms. The van der Waals surface area contributed by atoms with Crippen LogP contribution in [0.2, 0.25) is 0 Å². The van der Waals surface area contributed by atoms with Crippen molar-refractivity contribution < 1.29 is 19.1 Å². The number of hydrogen-bond donors (Lipinski definition) is 1. The Bertz CT molecular complexity index is 1180. The SMILES string of the molecule is CCc1ccc(/C(O)=C2\C(=O)C(=O)N(c3ccccc3C)C2c2ccc(F)cc2)cc1. The van der Waals surface area contributed by atoms with E-state index in [0.29, 0.717) is 16.8 Å². The predicted molar refractivity (Wildman–Crippen MR) is 118 cm³/mol. The second kappa shape index (κ2) is 8.19. The number of halogens is 1. The van der Waals surface area contributed by atoms with Crippen molar-refractivity contribution in [3.63, 3.8) is 0 Å². The van der Waals surface area contributed by atoms with Gasteiger partial charge >= 0.3 is 0 Å². The molecule has 0 radical (unpaired) electrons. The third-order valence-electron chi connectivity index (χ3n) is 5.64. The molecule has 31 heavy (non-hydrogen) atoms. The predicted octanol–water partition coefficient (Wildman–Crippen LogP) is 5.32. The molecule has 0 aromatic heterocycles. The van der Waals surface area contributed by atoms with E-state index >= 15 is 0 Å². The summed E-state index contributed by atoms with van der Waals surface area (Å²) in [7, 11) is 0. The van der Waals surface area contributed by atoms with Gasteiger partial charge in [-0.05, 0) is 48.2 Å². The van der Waals surface area contributed by atoms with E-state index in [4.69, 9.17) is 0 Å². The lowest BCUT2D eigenvalue weighted by Gasteiger charge is -2.26. The van der Waals surface area contributed by atoms with Gasteiger partial charge in [0.05, 0.1) is 11.6 Å². The molecule has 1 fully saturated rings. The topological polar surface area (TPSA) is 57.6 Å². The number of carbonyl (C=O) groups excluding carboxylic acids is 2. The first-order chi connectivity index (χ1) is 14.9. The molecule has 0 saturated carbocycles. The van der Waals surface area contributed by atoms with Crippen molar-refractivity contribution in [2.45, 2.75) is 26.3 Å². The Kier molecular flexibility index (Phi) is 5.42. The summed E-state index contributed by atoms with van der Waals surface area (Å²) in [4.78, 5) is 27.6. The summed E-state index contributed by atoms with van der Waals surface area (Å²) in [5, 5.41) is 11.1. The van der Waals surface area contributed by atoms with Gasteiger partial charge in [-0.3, -0.25) is 14.5 Å². The molecule has 4 nitrogen and oxygen atoms in total. The van der Waals surface area contributed by atoms with Crippen LogP contribution in [-0.2, 0) is 16.0 Å². The fourth-order valence-corrected chi connectivity index (χ4v) is 3.93. The molecule has 3 aromatic rings. The van der Waals surface area contributed by atoms with Crippen LogP contribution in [0, 0.1) is 12.7 Å². The van der Waals surface area contributed by atoms with Gasteiger partial charge in [-0.15, -0.1) is 0 Å². The summed E-state index contributed by atoms with van der Waals surface area (Å²) in [5.74, 6) is -2.16. The van der Waals surface area contributed by atoms with E-state index in [1.807, 2.05) is 38.1 Å². The summed E-state index contributed by atoms with van der Waals surface area (Å²) >= 11 is 0. The number of hydrogen-bond acceptors (Lipinski definition) is 3. The number of aryl methyl sites for hydroxylation is 2. The van der Waals surface area contributed by atoms with Crippen LogP contribution in [0.5, 0.6) is 0 Å². The normalized spacial score (nSPS) is 17.9. The van der Waals surface area contributed by atoms with E-state index in [-0.39, 0.29) is 11.3 Å². The van der Waals surface area contributed by atoms with E-state index in [2.05, 4.69) is 0 Å². The second-order valence-corrected chi connectivity index (χ2v) is 7.56. The lowest BCUT2D eigenvalue weighted by atomic mass is 9.94. The second-order valence-electron chi connectivity index (χ2n) is 7.56. The molecule has 4 rings (SSSR count). The molecule has 156 valence electrons. The zero-order valence-electron chi connectivity index (χ0n) is 17.3.